The van der Waals surface area contributed by atoms with Gasteiger partial charge in [0, 0.05) is 5.56 Å². The highest BCUT2D eigenvalue weighted by atomic mass is 16.4. The molecule has 2 aromatic carbocycles. The van der Waals surface area contributed by atoms with Crippen LogP contribution in [0.4, 0.5) is 0 Å². The molecule has 0 amide bonds. The first-order chi connectivity index (χ1) is 11.7. The molecule has 0 bridgehead atoms. The van der Waals surface area contributed by atoms with Gasteiger partial charge >= 0.3 is 0 Å². The first-order valence-electron chi connectivity index (χ1n) is 8.41. The number of aliphatic hydroxyl groups is 1. The normalized spacial score (nSPS) is 24.0. The maximum atomic E-state index is 11.0. The van der Waals surface area contributed by atoms with Crippen LogP contribution in [0.25, 0.3) is 11.5 Å². The standard InChI is InChI=1S/C20H20N2O2/c23-20(13-11-16(12-14-20)15-7-3-1-4-8-15)19-22-21-18(24-19)17-9-5-2-6-10-17/h1-10,16,23H,11-14H2. The van der Waals surface area contributed by atoms with Gasteiger partial charge in [-0.3, -0.25) is 0 Å². The molecule has 0 spiro atoms. The molecule has 1 N–H and O–H groups in total. The number of benzene rings is 2. The summed E-state index contributed by atoms with van der Waals surface area (Å²) >= 11 is 0. The summed E-state index contributed by atoms with van der Waals surface area (Å²) in [5.74, 6) is 1.29. The molecule has 24 heavy (non-hydrogen) atoms. The van der Waals surface area contributed by atoms with Crippen molar-refractivity contribution in [2.24, 2.45) is 0 Å². The van der Waals surface area contributed by atoms with Crippen molar-refractivity contribution in [3.05, 3.63) is 72.1 Å². The molecule has 1 aromatic heterocycles. The molecule has 1 aliphatic rings. The van der Waals surface area contributed by atoms with Gasteiger partial charge < -0.3 is 9.52 Å². The molecular weight excluding hydrogens is 300 g/mol. The molecule has 1 aliphatic carbocycles. The molecule has 1 saturated carbocycles. The van der Waals surface area contributed by atoms with Crippen LogP contribution in [0.3, 0.4) is 0 Å². The zero-order chi connectivity index (χ0) is 16.4. The van der Waals surface area contributed by atoms with Crippen molar-refractivity contribution in [1.29, 1.82) is 0 Å². The molecule has 4 nitrogen and oxygen atoms in total. The Morgan fingerprint density at radius 3 is 2.17 bits per heavy atom. The summed E-state index contributed by atoms with van der Waals surface area (Å²) in [6, 6.07) is 20.1. The van der Waals surface area contributed by atoms with Crippen molar-refractivity contribution in [2.45, 2.75) is 37.2 Å². The fraction of sp³-hybridized carbons (Fsp3) is 0.300. The molecular formula is C20H20N2O2. The largest absolute Gasteiger partial charge is 0.418 e. The maximum Gasteiger partial charge on any atom is 0.248 e. The third-order valence-electron chi connectivity index (χ3n) is 4.93. The van der Waals surface area contributed by atoms with Gasteiger partial charge in [0.25, 0.3) is 0 Å². The van der Waals surface area contributed by atoms with Gasteiger partial charge in [0.1, 0.15) is 5.60 Å². The van der Waals surface area contributed by atoms with E-state index in [4.69, 9.17) is 4.42 Å². The van der Waals surface area contributed by atoms with Crippen LogP contribution >= 0.6 is 0 Å². The van der Waals surface area contributed by atoms with E-state index >= 15 is 0 Å². The van der Waals surface area contributed by atoms with Gasteiger partial charge in [0.05, 0.1) is 0 Å². The summed E-state index contributed by atoms with van der Waals surface area (Å²) in [4.78, 5) is 0. The summed E-state index contributed by atoms with van der Waals surface area (Å²) in [5.41, 5.74) is 1.21. The Morgan fingerprint density at radius 1 is 0.875 bits per heavy atom. The van der Waals surface area contributed by atoms with Crippen LogP contribution in [-0.2, 0) is 5.60 Å². The molecule has 0 aliphatic heterocycles. The molecule has 0 unspecified atom stereocenters. The first kappa shape index (κ1) is 15.1. The van der Waals surface area contributed by atoms with E-state index in [0.717, 1.165) is 18.4 Å². The van der Waals surface area contributed by atoms with Crippen molar-refractivity contribution >= 4 is 0 Å². The summed E-state index contributed by atoms with van der Waals surface area (Å²) in [5, 5.41) is 19.2. The number of aromatic nitrogens is 2. The zero-order valence-corrected chi connectivity index (χ0v) is 13.4. The molecule has 4 heteroatoms. The van der Waals surface area contributed by atoms with Crippen molar-refractivity contribution < 1.29 is 9.52 Å². The van der Waals surface area contributed by atoms with E-state index in [9.17, 15) is 5.11 Å². The van der Waals surface area contributed by atoms with Crippen LogP contribution in [-0.4, -0.2) is 15.3 Å². The van der Waals surface area contributed by atoms with Gasteiger partial charge in [0.15, 0.2) is 0 Å². The van der Waals surface area contributed by atoms with E-state index in [1.165, 1.54) is 5.56 Å². The third kappa shape index (κ3) is 2.85. The lowest BCUT2D eigenvalue weighted by atomic mass is 9.76. The number of hydrogen-bond acceptors (Lipinski definition) is 4. The molecule has 0 saturated heterocycles. The highest BCUT2D eigenvalue weighted by Gasteiger charge is 2.39. The quantitative estimate of drug-likeness (QED) is 0.782. The predicted molar refractivity (Wildman–Crippen MR) is 91.3 cm³/mol. The Bertz CT molecular complexity index is 791. The smallest absolute Gasteiger partial charge is 0.248 e. The van der Waals surface area contributed by atoms with Gasteiger partial charge in [-0.05, 0) is 49.3 Å². The van der Waals surface area contributed by atoms with Crippen molar-refractivity contribution in [2.75, 3.05) is 0 Å². The average molecular weight is 320 g/mol. The van der Waals surface area contributed by atoms with Crippen molar-refractivity contribution in [3.63, 3.8) is 0 Å². The van der Waals surface area contributed by atoms with Crippen LogP contribution in [0.5, 0.6) is 0 Å². The minimum atomic E-state index is -1.01. The molecule has 4 rings (SSSR count). The predicted octanol–water partition coefficient (Wildman–Crippen LogP) is 4.28. The minimum Gasteiger partial charge on any atom is -0.418 e. The number of nitrogens with zero attached hydrogens (tertiary/aromatic N) is 2. The topological polar surface area (TPSA) is 59.2 Å². The lowest BCUT2D eigenvalue weighted by Crippen LogP contribution is -2.31. The molecule has 0 atom stereocenters. The second-order valence-electron chi connectivity index (χ2n) is 6.49. The van der Waals surface area contributed by atoms with E-state index < -0.39 is 5.60 Å². The van der Waals surface area contributed by atoms with E-state index in [1.54, 1.807) is 0 Å². The maximum absolute atomic E-state index is 11.0. The average Bonchev–Trinajstić information content (AvgIpc) is 3.15. The summed E-state index contributed by atoms with van der Waals surface area (Å²) in [7, 11) is 0. The highest BCUT2D eigenvalue weighted by molar-refractivity contribution is 5.51. The molecule has 122 valence electrons. The Morgan fingerprint density at radius 2 is 1.50 bits per heavy atom. The minimum absolute atomic E-state index is 0.341. The van der Waals surface area contributed by atoms with Crippen LogP contribution < -0.4 is 0 Å². The van der Waals surface area contributed by atoms with E-state index in [-0.39, 0.29) is 0 Å². The van der Waals surface area contributed by atoms with E-state index in [0.29, 0.717) is 30.5 Å². The van der Waals surface area contributed by atoms with E-state index in [2.05, 4.69) is 34.5 Å². The Balaban J connectivity index is 1.50. The van der Waals surface area contributed by atoms with Crippen LogP contribution in [0.15, 0.2) is 65.1 Å². The van der Waals surface area contributed by atoms with Gasteiger partial charge in [-0.15, -0.1) is 10.2 Å². The van der Waals surface area contributed by atoms with Gasteiger partial charge in [0.2, 0.25) is 11.8 Å². The summed E-state index contributed by atoms with van der Waals surface area (Å²) in [6.45, 7) is 0. The van der Waals surface area contributed by atoms with Crippen molar-refractivity contribution in [1.82, 2.24) is 10.2 Å². The van der Waals surface area contributed by atoms with Crippen LogP contribution in [0, 0.1) is 0 Å². The SMILES string of the molecule is OC1(c2nnc(-c3ccccc3)o2)CCC(c2ccccc2)CC1. The fourth-order valence-electron chi connectivity index (χ4n) is 3.48. The Labute approximate surface area is 141 Å². The lowest BCUT2D eigenvalue weighted by Gasteiger charge is -2.33. The first-order valence-corrected chi connectivity index (χ1v) is 8.41. The molecule has 3 aromatic rings. The number of hydrogen-bond donors (Lipinski definition) is 1. The van der Waals surface area contributed by atoms with Crippen LogP contribution in [0.2, 0.25) is 0 Å². The zero-order valence-electron chi connectivity index (χ0n) is 13.4. The number of rotatable bonds is 3. The summed E-state index contributed by atoms with van der Waals surface area (Å²) in [6.07, 6.45) is 3.12. The summed E-state index contributed by atoms with van der Waals surface area (Å²) < 4.78 is 5.78. The molecule has 1 fully saturated rings. The van der Waals surface area contributed by atoms with E-state index in [1.807, 2.05) is 36.4 Å². The Hall–Kier alpha value is -2.46. The Kier molecular flexibility index (Phi) is 3.90. The lowest BCUT2D eigenvalue weighted by molar-refractivity contribution is -0.0288. The monoisotopic (exact) mass is 320 g/mol. The van der Waals surface area contributed by atoms with Gasteiger partial charge in [-0.25, -0.2) is 0 Å². The van der Waals surface area contributed by atoms with Gasteiger partial charge in [-0.1, -0.05) is 48.5 Å². The van der Waals surface area contributed by atoms with Crippen LogP contribution in [0.1, 0.15) is 43.1 Å². The molecule has 1 heterocycles. The second-order valence-corrected chi connectivity index (χ2v) is 6.49. The fourth-order valence-corrected chi connectivity index (χ4v) is 3.48. The van der Waals surface area contributed by atoms with Gasteiger partial charge in [-0.2, -0.15) is 0 Å². The molecule has 0 radical (unpaired) electrons. The third-order valence-corrected chi connectivity index (χ3v) is 4.93. The highest BCUT2D eigenvalue weighted by Crippen LogP contribution is 2.43. The van der Waals surface area contributed by atoms with Crippen molar-refractivity contribution in [3.8, 4) is 11.5 Å². The second kappa shape index (κ2) is 6.21.